The van der Waals surface area contributed by atoms with Crippen LogP contribution in [0, 0.1) is 17.8 Å². The summed E-state index contributed by atoms with van der Waals surface area (Å²) in [5, 5.41) is 11.4. The van der Waals surface area contributed by atoms with Gasteiger partial charge in [-0.3, -0.25) is 4.79 Å². The molecule has 3 aliphatic heterocycles. The Bertz CT molecular complexity index is 1390. The number of methoxy groups -OCH3 is 1. The Morgan fingerprint density at radius 3 is 2.33 bits per heavy atom. The molecule has 286 valence electrons. The molecule has 0 unspecified atom stereocenters. The normalized spacial score (nSPS) is 39.5. The second-order valence-corrected chi connectivity index (χ2v) is 15.7. The van der Waals surface area contributed by atoms with Crippen molar-refractivity contribution in [1.82, 2.24) is 9.80 Å². The van der Waals surface area contributed by atoms with E-state index in [1.165, 1.54) is 0 Å². The van der Waals surface area contributed by atoms with Crippen molar-refractivity contribution in [3.8, 4) is 0 Å². The predicted octanol–water partition coefficient (Wildman–Crippen LogP) is 5.56. The highest BCUT2D eigenvalue weighted by Crippen LogP contribution is 2.43. The lowest BCUT2D eigenvalue weighted by molar-refractivity contribution is -0.294. The Labute approximate surface area is 304 Å². The number of hydrogen-bond acceptors (Lipinski definition) is 10. The fraction of sp³-hybridized carbons (Fsp3) is 0.725. The fourth-order valence-corrected chi connectivity index (χ4v) is 8.71. The quantitative estimate of drug-likeness (QED) is 0.325. The van der Waals surface area contributed by atoms with Gasteiger partial charge in [-0.15, -0.1) is 0 Å². The highest BCUT2D eigenvalue weighted by molar-refractivity contribution is 5.88. The molecule has 11 nitrogen and oxygen atoms in total. The number of ether oxygens (including phenoxy) is 5. The molecule has 2 fully saturated rings. The lowest BCUT2D eigenvalue weighted by Gasteiger charge is -2.47. The van der Waals surface area contributed by atoms with Gasteiger partial charge in [0.15, 0.2) is 11.9 Å². The van der Waals surface area contributed by atoms with Crippen molar-refractivity contribution in [2.45, 2.75) is 141 Å². The zero-order chi connectivity index (χ0) is 37.8. The molecule has 0 bridgehead atoms. The molecule has 1 N–H and O–H groups in total. The van der Waals surface area contributed by atoms with E-state index >= 15 is 0 Å². The summed E-state index contributed by atoms with van der Waals surface area (Å²) in [6.45, 7) is 15.2. The first-order chi connectivity index (χ1) is 24.0. The van der Waals surface area contributed by atoms with Crippen LogP contribution in [-0.4, -0.2) is 114 Å². The third kappa shape index (κ3) is 8.87. The lowest BCUT2D eigenvalue weighted by atomic mass is 9.74. The highest BCUT2D eigenvalue weighted by Gasteiger charge is 2.59. The minimum absolute atomic E-state index is 0.0625. The topological polar surface area (TPSA) is 124 Å². The number of rotatable bonds is 9. The van der Waals surface area contributed by atoms with Gasteiger partial charge in [-0.25, -0.2) is 9.59 Å². The number of carbonyl (C=O) groups is 3. The van der Waals surface area contributed by atoms with Crippen molar-refractivity contribution < 1.29 is 43.2 Å². The minimum Gasteiger partial charge on any atom is -0.455 e. The lowest BCUT2D eigenvalue weighted by Crippen LogP contribution is -2.59. The number of aliphatic hydroxyl groups excluding tert-OH is 1. The van der Waals surface area contributed by atoms with Crippen molar-refractivity contribution in [3.05, 3.63) is 47.5 Å². The molecule has 4 rings (SSSR count). The molecular formula is C40H62N2O9. The monoisotopic (exact) mass is 714 g/mol. The van der Waals surface area contributed by atoms with Gasteiger partial charge in [0.05, 0.1) is 23.9 Å². The van der Waals surface area contributed by atoms with Crippen LogP contribution in [0.5, 0.6) is 0 Å². The Balaban J connectivity index is 1.73. The number of aryl methyl sites for hydroxylation is 1. The van der Waals surface area contributed by atoms with Gasteiger partial charge < -0.3 is 38.6 Å². The third-order valence-corrected chi connectivity index (χ3v) is 11.5. The van der Waals surface area contributed by atoms with Gasteiger partial charge in [0.2, 0.25) is 0 Å². The summed E-state index contributed by atoms with van der Waals surface area (Å²) in [6.07, 6.45) is 0.353. The molecule has 0 radical (unpaired) electrons. The van der Waals surface area contributed by atoms with Gasteiger partial charge in [-0.05, 0) is 79.5 Å². The van der Waals surface area contributed by atoms with E-state index in [0.717, 1.165) is 12.0 Å². The van der Waals surface area contributed by atoms with E-state index in [1.807, 2.05) is 78.7 Å². The number of cyclic esters (lactones) is 1. The number of likely N-dealkylation sites (N-methyl/N-ethyl adjacent to an activating group) is 1. The van der Waals surface area contributed by atoms with Gasteiger partial charge >= 0.3 is 12.1 Å². The molecular weight excluding hydrogens is 652 g/mol. The second-order valence-electron chi connectivity index (χ2n) is 15.7. The van der Waals surface area contributed by atoms with E-state index in [1.54, 1.807) is 31.9 Å². The standard InChI is InChI=1S/C40H62N2O9/c1-12-31-40(8)34(42(38(46)51-40)20-16-19-29-17-14-13-15-18-29)28(6)32(43)26(4)23-39(7,47-11)35(24(2)21-25(3)36(45)49-31)50-37-33(44)30(41(9)10)22-27(5)48-37/h13-15,17-18,21,24,26-28,30-31,33-35,37,44H,12,16,19-20,22-23H2,1-11H3/b25-21+/t24-,26+,27+,28-,30-,31+,33+,34+,35+,37-,39+,40+/m0/s1. The molecule has 3 heterocycles. The zero-order valence-electron chi connectivity index (χ0n) is 32.6. The third-order valence-electron chi connectivity index (χ3n) is 11.5. The van der Waals surface area contributed by atoms with Gasteiger partial charge in [0.25, 0.3) is 0 Å². The fourth-order valence-electron chi connectivity index (χ4n) is 8.71. The van der Waals surface area contributed by atoms with Gasteiger partial charge in [-0.2, -0.15) is 0 Å². The maximum atomic E-state index is 14.6. The summed E-state index contributed by atoms with van der Waals surface area (Å²) in [4.78, 5) is 45.7. The Kier molecular flexibility index (Phi) is 13.6. The van der Waals surface area contributed by atoms with Crippen LogP contribution < -0.4 is 0 Å². The number of fused-ring (bicyclic) bond motifs is 1. The maximum absolute atomic E-state index is 14.6. The number of carbonyl (C=O) groups excluding carboxylic acids is 3. The molecule has 2 saturated heterocycles. The molecule has 0 aromatic heterocycles. The molecule has 0 saturated carbocycles. The van der Waals surface area contributed by atoms with E-state index in [-0.39, 0.29) is 24.3 Å². The van der Waals surface area contributed by atoms with Crippen LogP contribution in [0.25, 0.3) is 0 Å². The largest absolute Gasteiger partial charge is 0.455 e. The molecule has 0 aliphatic carbocycles. The van der Waals surface area contributed by atoms with Gasteiger partial charge in [0, 0.05) is 43.0 Å². The highest BCUT2D eigenvalue weighted by atomic mass is 16.7. The van der Waals surface area contributed by atoms with E-state index in [9.17, 15) is 19.5 Å². The first-order valence-corrected chi connectivity index (χ1v) is 18.6. The number of amides is 1. The zero-order valence-corrected chi connectivity index (χ0v) is 32.6. The van der Waals surface area contributed by atoms with E-state index in [4.69, 9.17) is 23.7 Å². The number of benzene rings is 1. The van der Waals surface area contributed by atoms with Crippen LogP contribution in [0.1, 0.15) is 86.6 Å². The molecule has 0 spiro atoms. The SMILES string of the molecule is CC[C@H]1OC(=O)/C(C)=C/[C@H](C)[C@@H](O[C@@H]2O[C@H](C)C[C@H](N(C)C)[C@H]2O)[C@](C)(OC)C[C@@H](C)C(=O)[C@H](C)[C@H]2N(CCCc3ccccc3)C(=O)O[C@]12C. The second kappa shape index (κ2) is 16.9. The van der Waals surface area contributed by atoms with Crippen LogP contribution in [0.15, 0.2) is 42.0 Å². The van der Waals surface area contributed by atoms with Crippen molar-refractivity contribution in [1.29, 1.82) is 0 Å². The first kappa shape index (κ1) is 40.9. The number of esters is 1. The molecule has 1 amide bonds. The van der Waals surface area contributed by atoms with Crippen molar-refractivity contribution in [3.63, 3.8) is 0 Å². The summed E-state index contributed by atoms with van der Waals surface area (Å²) in [6, 6.07) is 9.17. The van der Waals surface area contributed by atoms with E-state index < -0.39 is 71.7 Å². The summed E-state index contributed by atoms with van der Waals surface area (Å²) < 4.78 is 31.4. The first-order valence-electron chi connectivity index (χ1n) is 18.6. The summed E-state index contributed by atoms with van der Waals surface area (Å²) in [5.74, 6) is -2.22. The van der Waals surface area contributed by atoms with Crippen molar-refractivity contribution in [2.75, 3.05) is 27.7 Å². The molecule has 1 aromatic carbocycles. The summed E-state index contributed by atoms with van der Waals surface area (Å²) >= 11 is 0. The average molecular weight is 715 g/mol. The Morgan fingerprint density at radius 2 is 1.73 bits per heavy atom. The minimum atomic E-state index is -1.27. The van der Waals surface area contributed by atoms with Gasteiger partial charge in [-0.1, -0.05) is 64.1 Å². The molecule has 3 aliphatic rings. The molecule has 1 aromatic rings. The summed E-state index contributed by atoms with van der Waals surface area (Å²) in [5.41, 5.74) is -0.815. The number of ketones is 1. The number of nitrogens with zero attached hydrogens (tertiary/aromatic N) is 2. The van der Waals surface area contributed by atoms with Crippen LogP contribution in [0.4, 0.5) is 4.79 Å². The van der Waals surface area contributed by atoms with Crippen LogP contribution in [0.2, 0.25) is 0 Å². The van der Waals surface area contributed by atoms with Crippen LogP contribution in [0.3, 0.4) is 0 Å². The summed E-state index contributed by atoms with van der Waals surface area (Å²) in [7, 11) is 5.42. The van der Waals surface area contributed by atoms with Crippen molar-refractivity contribution in [2.24, 2.45) is 17.8 Å². The average Bonchev–Trinajstić information content (AvgIpc) is 3.35. The predicted molar refractivity (Wildman–Crippen MR) is 194 cm³/mol. The smallest absolute Gasteiger partial charge is 0.410 e. The number of Topliss-reactive ketones (excluding diaryl/α,β-unsaturated/α-hetero) is 1. The Morgan fingerprint density at radius 1 is 1.06 bits per heavy atom. The van der Waals surface area contributed by atoms with Crippen LogP contribution >= 0.6 is 0 Å². The van der Waals surface area contributed by atoms with Crippen LogP contribution in [-0.2, 0) is 39.7 Å². The van der Waals surface area contributed by atoms with Gasteiger partial charge in [0.1, 0.15) is 18.0 Å². The maximum Gasteiger partial charge on any atom is 0.410 e. The molecule has 11 heteroatoms. The van der Waals surface area contributed by atoms with E-state index in [2.05, 4.69) is 12.1 Å². The molecule has 51 heavy (non-hydrogen) atoms. The number of aliphatic hydroxyl groups is 1. The molecule has 12 atom stereocenters. The Hall–Kier alpha value is -2.83. The van der Waals surface area contributed by atoms with E-state index in [0.29, 0.717) is 31.4 Å². The number of hydrogen-bond donors (Lipinski definition) is 1. The van der Waals surface area contributed by atoms with Crippen molar-refractivity contribution >= 4 is 17.8 Å².